The topological polar surface area (TPSA) is 212 Å². The van der Waals surface area contributed by atoms with E-state index in [-0.39, 0.29) is 53.6 Å². The van der Waals surface area contributed by atoms with Crippen LogP contribution in [0.2, 0.25) is 0 Å². The second-order valence-corrected chi connectivity index (χ2v) is 13.5. The van der Waals surface area contributed by atoms with Crippen molar-refractivity contribution in [1.82, 2.24) is 46.0 Å². The average Bonchev–Trinajstić information content (AvgIpc) is 3.75. The molecule has 5 aliphatic rings. The lowest BCUT2D eigenvalue weighted by Gasteiger charge is -2.47. The van der Waals surface area contributed by atoms with Gasteiger partial charge >= 0.3 is 11.9 Å². The molecule has 0 aromatic carbocycles. The summed E-state index contributed by atoms with van der Waals surface area (Å²) in [6.45, 7) is 5.64. The van der Waals surface area contributed by atoms with Gasteiger partial charge in [-0.3, -0.25) is 19.2 Å². The first kappa shape index (κ1) is 29.5. The molecular weight excluding hydrogens is 582 g/mol. The Balaban J connectivity index is 1.09. The predicted molar refractivity (Wildman–Crippen MR) is 149 cm³/mol. The number of carboxylic acid groups (broad SMARTS) is 2. The van der Waals surface area contributed by atoms with Crippen LogP contribution in [0.1, 0.15) is 26.7 Å². The molecule has 1 aromatic rings. The molecule has 16 nitrogen and oxygen atoms in total. The Morgan fingerprint density at radius 1 is 1.26 bits per heavy atom. The Morgan fingerprint density at radius 2 is 2.05 bits per heavy atom. The minimum absolute atomic E-state index is 0.00180. The van der Waals surface area contributed by atoms with E-state index < -0.39 is 41.4 Å². The summed E-state index contributed by atoms with van der Waals surface area (Å²) < 4.78 is 1.26. The highest BCUT2D eigenvalue weighted by atomic mass is 32.2. The van der Waals surface area contributed by atoms with Crippen LogP contribution >= 0.6 is 11.8 Å². The molecule has 17 heteroatoms. The number of nitrogens with zero attached hydrogens (tertiary/aromatic N) is 6. The van der Waals surface area contributed by atoms with Crippen molar-refractivity contribution in [2.24, 2.45) is 23.2 Å². The van der Waals surface area contributed by atoms with Crippen LogP contribution in [0.15, 0.2) is 16.9 Å². The van der Waals surface area contributed by atoms with E-state index in [9.17, 15) is 34.2 Å². The lowest BCUT2D eigenvalue weighted by atomic mass is 9.73. The smallest absolute Gasteiger partial charge is 0.353 e. The van der Waals surface area contributed by atoms with Crippen LogP contribution in [0.3, 0.4) is 0 Å². The van der Waals surface area contributed by atoms with Gasteiger partial charge in [0.1, 0.15) is 24.0 Å². The molecule has 232 valence electrons. The largest absolute Gasteiger partial charge is 0.481 e. The number of hydrogen-bond donors (Lipinski definition) is 5. The summed E-state index contributed by atoms with van der Waals surface area (Å²) in [7, 11) is 0. The molecule has 6 heterocycles. The van der Waals surface area contributed by atoms with Gasteiger partial charge in [0.25, 0.3) is 0 Å². The summed E-state index contributed by atoms with van der Waals surface area (Å²) in [5.41, 5.74) is -1.01. The molecule has 5 aliphatic heterocycles. The molecule has 0 bridgehead atoms. The number of carbonyl (C=O) groups excluding carboxylic acids is 3. The molecular formula is C26H35N9O7S. The van der Waals surface area contributed by atoms with Crippen molar-refractivity contribution >= 4 is 41.4 Å². The summed E-state index contributed by atoms with van der Waals surface area (Å²) in [5.74, 6) is -3.80. The summed E-state index contributed by atoms with van der Waals surface area (Å²) in [5, 5.41) is 39.9. The second kappa shape index (κ2) is 11.2. The van der Waals surface area contributed by atoms with Crippen LogP contribution in [0.25, 0.3) is 0 Å². The van der Waals surface area contributed by atoms with Crippen molar-refractivity contribution in [3.63, 3.8) is 0 Å². The van der Waals surface area contributed by atoms with Gasteiger partial charge in [-0.25, -0.2) is 9.48 Å². The number of carbonyl (C=O) groups is 5. The first-order valence-electron chi connectivity index (χ1n) is 14.5. The van der Waals surface area contributed by atoms with Gasteiger partial charge in [-0.05, 0) is 42.7 Å². The number of fused-ring (bicyclic) bond motifs is 2. The molecule has 0 radical (unpaired) electrons. The SMILES string of the molecule is CC(NC(=O)Cn1cnnn1)[C@H]1C(=O)N2C(C(=O)O)=C(S[C@@H]3CN[C@H](C(=O)N4CCC5CNCC5(C(=O)O)C4)C3)[C@H](C)[C@H]12. The predicted octanol–water partition coefficient (Wildman–Crippen LogP) is -2.06. The standard InChI is InChI=1S/C26H35N9O7S/c1-12-19-18(13(2)30-17(36)8-34-11-29-31-32-34)23(38)35(19)20(24(39)40)21(12)43-15-5-16(28-7-15)22(37)33-4-3-14-6-27-9-26(14,10-33)25(41)42/h11-16,18-19,27-28H,3-10H2,1-2H3,(H,30,36)(H,39,40)(H,41,42)/t12-,13?,14?,15+,16+,18-,19-,26?/m1/s1. The first-order chi connectivity index (χ1) is 20.5. The number of amides is 3. The number of likely N-dealkylation sites (tertiary alicyclic amines) is 1. The van der Waals surface area contributed by atoms with Gasteiger partial charge in [0.15, 0.2) is 0 Å². The lowest BCUT2D eigenvalue weighted by molar-refractivity contribution is -0.158. The highest BCUT2D eigenvalue weighted by Crippen LogP contribution is 2.52. The maximum atomic E-state index is 13.5. The van der Waals surface area contributed by atoms with Gasteiger partial charge in [0.05, 0.1) is 18.0 Å². The lowest BCUT2D eigenvalue weighted by Crippen LogP contribution is -2.66. The number of aliphatic carboxylic acids is 2. The summed E-state index contributed by atoms with van der Waals surface area (Å²) in [6, 6.07) is -1.45. The zero-order valence-corrected chi connectivity index (χ0v) is 24.6. The number of aromatic nitrogens is 4. The van der Waals surface area contributed by atoms with Crippen molar-refractivity contribution in [3.8, 4) is 0 Å². The number of thioether (sulfide) groups is 1. The Hall–Kier alpha value is -3.57. The molecule has 6 rings (SSSR count). The fourth-order valence-corrected chi connectivity index (χ4v) is 8.96. The molecule has 0 spiro atoms. The van der Waals surface area contributed by atoms with Crippen LogP contribution in [-0.4, -0.2) is 126 Å². The van der Waals surface area contributed by atoms with Gasteiger partial charge in [-0.1, -0.05) is 6.92 Å². The van der Waals surface area contributed by atoms with E-state index in [1.54, 1.807) is 11.8 Å². The normalized spacial score (nSPS) is 34.0. The van der Waals surface area contributed by atoms with Crippen LogP contribution in [0, 0.1) is 23.2 Å². The monoisotopic (exact) mass is 617 g/mol. The third kappa shape index (κ3) is 4.96. The van der Waals surface area contributed by atoms with Gasteiger partial charge in [0, 0.05) is 48.3 Å². The quantitative estimate of drug-likeness (QED) is 0.189. The fourth-order valence-electron chi connectivity index (χ4n) is 7.48. The summed E-state index contributed by atoms with van der Waals surface area (Å²) >= 11 is 1.38. The third-order valence-electron chi connectivity index (χ3n) is 9.67. The van der Waals surface area contributed by atoms with Gasteiger partial charge < -0.3 is 36.0 Å². The minimum atomic E-state index is -1.19. The Bertz CT molecular complexity index is 1370. The van der Waals surface area contributed by atoms with Crippen molar-refractivity contribution in [2.75, 3.05) is 32.7 Å². The van der Waals surface area contributed by atoms with Crippen molar-refractivity contribution in [1.29, 1.82) is 0 Å². The highest BCUT2D eigenvalue weighted by Gasteiger charge is 2.61. The average molecular weight is 618 g/mol. The molecule has 43 heavy (non-hydrogen) atoms. The van der Waals surface area contributed by atoms with Gasteiger partial charge in [-0.15, -0.1) is 16.9 Å². The minimum Gasteiger partial charge on any atom is -0.481 e. The van der Waals surface area contributed by atoms with Crippen LogP contribution < -0.4 is 16.0 Å². The third-order valence-corrected chi connectivity index (χ3v) is 11.2. The second-order valence-electron chi connectivity index (χ2n) is 12.2. The first-order valence-corrected chi connectivity index (χ1v) is 15.3. The van der Waals surface area contributed by atoms with E-state index in [0.29, 0.717) is 43.9 Å². The molecule has 5 N–H and O–H groups in total. The number of rotatable bonds is 9. The molecule has 1 aromatic heterocycles. The molecule has 0 aliphatic carbocycles. The number of carboxylic acids is 2. The summed E-state index contributed by atoms with van der Waals surface area (Å²) in [4.78, 5) is 67.3. The zero-order valence-electron chi connectivity index (χ0n) is 23.8. The zero-order chi connectivity index (χ0) is 30.6. The Kier molecular flexibility index (Phi) is 7.66. The highest BCUT2D eigenvalue weighted by molar-refractivity contribution is 8.03. The molecule has 3 amide bonds. The number of tetrazole rings is 1. The number of β-lactam (4-membered cyclic amide) rings is 1. The van der Waals surface area contributed by atoms with Gasteiger partial charge in [0.2, 0.25) is 17.7 Å². The van der Waals surface area contributed by atoms with E-state index >= 15 is 0 Å². The maximum absolute atomic E-state index is 13.5. The van der Waals surface area contributed by atoms with Crippen LogP contribution in [0.4, 0.5) is 0 Å². The van der Waals surface area contributed by atoms with Crippen LogP contribution in [0.5, 0.6) is 0 Å². The van der Waals surface area contributed by atoms with Crippen molar-refractivity contribution < 1.29 is 34.2 Å². The van der Waals surface area contributed by atoms with Gasteiger partial charge in [-0.2, -0.15) is 0 Å². The molecule has 3 unspecified atom stereocenters. The Morgan fingerprint density at radius 3 is 2.74 bits per heavy atom. The molecule has 8 atom stereocenters. The van der Waals surface area contributed by atoms with E-state index in [0.717, 1.165) is 0 Å². The van der Waals surface area contributed by atoms with E-state index in [2.05, 4.69) is 31.5 Å². The molecule has 0 saturated carbocycles. The van der Waals surface area contributed by atoms with Crippen molar-refractivity contribution in [3.05, 3.63) is 16.9 Å². The van der Waals surface area contributed by atoms with E-state index in [1.807, 2.05) is 6.92 Å². The van der Waals surface area contributed by atoms with Crippen LogP contribution in [-0.2, 0) is 30.5 Å². The number of hydrogen-bond acceptors (Lipinski definition) is 11. The summed E-state index contributed by atoms with van der Waals surface area (Å²) in [6.07, 6.45) is 2.39. The molecule has 4 fully saturated rings. The molecule has 4 saturated heterocycles. The fraction of sp³-hybridized carbons (Fsp3) is 0.692. The number of piperidine rings is 1. The maximum Gasteiger partial charge on any atom is 0.353 e. The Labute approximate surface area is 251 Å². The van der Waals surface area contributed by atoms with E-state index in [4.69, 9.17) is 0 Å². The van der Waals surface area contributed by atoms with Crippen molar-refractivity contribution in [2.45, 2.75) is 56.6 Å². The number of nitrogens with one attached hydrogen (secondary N) is 3. The van der Waals surface area contributed by atoms with E-state index in [1.165, 1.54) is 27.7 Å².